The summed E-state index contributed by atoms with van der Waals surface area (Å²) in [5.74, 6) is 0. The molecule has 2 aromatic carbocycles. The average Bonchev–Trinajstić information content (AvgIpc) is 2.17. The largest absolute Gasteiger partial charge is 0.0843 e. The molecule has 0 aliphatic carbocycles. The Kier molecular flexibility index (Phi) is 3.32. The van der Waals surface area contributed by atoms with Gasteiger partial charge < -0.3 is 0 Å². The smallest absolute Gasteiger partial charge is 0.0416 e. The van der Waals surface area contributed by atoms with E-state index in [1.54, 1.807) is 0 Å². The molecule has 0 radical (unpaired) electrons. The van der Waals surface area contributed by atoms with Crippen molar-refractivity contribution in [2.24, 2.45) is 0 Å². The Morgan fingerprint density at radius 3 is 2.53 bits per heavy atom. The molecular weight excluding hydrogens is 318 g/mol. The lowest BCUT2D eigenvalue weighted by Crippen LogP contribution is -1.83. The van der Waals surface area contributed by atoms with Gasteiger partial charge in [-0.3, -0.25) is 0 Å². The molecule has 0 saturated carbocycles. The van der Waals surface area contributed by atoms with Crippen molar-refractivity contribution in [1.29, 1.82) is 0 Å². The lowest BCUT2D eigenvalue weighted by molar-refractivity contribution is 1.46. The molecule has 0 unspecified atom stereocenters. The Bertz CT molecular complexity index is 492. The molecule has 0 saturated heterocycles. The summed E-state index contributed by atoms with van der Waals surface area (Å²) in [5, 5.41) is 0.788. The Morgan fingerprint density at radius 2 is 1.87 bits per heavy atom. The van der Waals surface area contributed by atoms with Gasteiger partial charge in [0, 0.05) is 8.59 Å². The third-order valence-electron chi connectivity index (χ3n) is 2.26. The molecule has 0 aromatic heterocycles. The number of rotatable bonds is 1. The fourth-order valence-electron chi connectivity index (χ4n) is 1.54. The zero-order valence-electron chi connectivity index (χ0n) is 8.30. The number of hydrogen-bond acceptors (Lipinski definition) is 0. The van der Waals surface area contributed by atoms with Crippen LogP contribution in [0.1, 0.15) is 5.56 Å². The quantitative estimate of drug-likeness (QED) is 0.652. The van der Waals surface area contributed by atoms with Crippen LogP contribution in [0.25, 0.3) is 11.1 Å². The monoisotopic (exact) mass is 328 g/mol. The van der Waals surface area contributed by atoms with E-state index in [4.69, 9.17) is 11.6 Å². The van der Waals surface area contributed by atoms with E-state index in [1.807, 2.05) is 12.1 Å². The van der Waals surface area contributed by atoms with Crippen LogP contribution >= 0.6 is 34.2 Å². The van der Waals surface area contributed by atoms with Crippen molar-refractivity contribution in [3.8, 4) is 11.1 Å². The van der Waals surface area contributed by atoms with Crippen LogP contribution in [-0.2, 0) is 0 Å². The summed E-state index contributed by atoms with van der Waals surface area (Å²) < 4.78 is 1.19. The van der Waals surface area contributed by atoms with Gasteiger partial charge in [0.25, 0.3) is 0 Å². The molecule has 0 fully saturated rings. The standard InChI is InChI=1S/C13H10ClI/c1-9-3-2-4-10(7-9)12-6-5-11(14)8-13(12)15/h2-8H,1H3. The number of hydrogen-bond donors (Lipinski definition) is 0. The molecule has 2 heteroatoms. The summed E-state index contributed by atoms with van der Waals surface area (Å²) in [6.45, 7) is 2.10. The predicted molar refractivity (Wildman–Crippen MR) is 74.3 cm³/mol. The highest BCUT2D eigenvalue weighted by Gasteiger charge is 2.03. The second-order valence-corrected chi connectivity index (χ2v) is 5.09. The average molecular weight is 329 g/mol. The van der Waals surface area contributed by atoms with E-state index in [0.29, 0.717) is 0 Å². The summed E-state index contributed by atoms with van der Waals surface area (Å²) in [4.78, 5) is 0. The van der Waals surface area contributed by atoms with Gasteiger partial charge >= 0.3 is 0 Å². The summed E-state index contributed by atoms with van der Waals surface area (Å²) in [7, 11) is 0. The van der Waals surface area contributed by atoms with Gasteiger partial charge in [-0.25, -0.2) is 0 Å². The molecule has 76 valence electrons. The van der Waals surface area contributed by atoms with Crippen LogP contribution in [0.4, 0.5) is 0 Å². The molecular formula is C13H10ClI. The van der Waals surface area contributed by atoms with Gasteiger partial charge in [-0.05, 0) is 52.8 Å². The van der Waals surface area contributed by atoms with Crippen LogP contribution in [0.5, 0.6) is 0 Å². The first-order valence-corrected chi connectivity index (χ1v) is 6.14. The minimum absolute atomic E-state index is 0.788. The summed E-state index contributed by atoms with van der Waals surface area (Å²) >= 11 is 8.25. The number of halogens is 2. The molecule has 0 heterocycles. The van der Waals surface area contributed by atoms with Crippen LogP contribution in [0.3, 0.4) is 0 Å². The normalized spacial score (nSPS) is 10.3. The van der Waals surface area contributed by atoms with E-state index in [0.717, 1.165) is 5.02 Å². The topological polar surface area (TPSA) is 0 Å². The highest BCUT2D eigenvalue weighted by atomic mass is 127. The van der Waals surface area contributed by atoms with Crippen LogP contribution in [0.15, 0.2) is 42.5 Å². The van der Waals surface area contributed by atoms with Gasteiger partial charge in [-0.15, -0.1) is 0 Å². The van der Waals surface area contributed by atoms with Crippen molar-refractivity contribution in [1.82, 2.24) is 0 Å². The van der Waals surface area contributed by atoms with Crippen LogP contribution < -0.4 is 0 Å². The van der Waals surface area contributed by atoms with E-state index in [2.05, 4.69) is 59.8 Å². The van der Waals surface area contributed by atoms with Crippen LogP contribution in [-0.4, -0.2) is 0 Å². The number of aryl methyl sites for hydroxylation is 1. The maximum absolute atomic E-state index is 5.93. The highest BCUT2D eigenvalue weighted by Crippen LogP contribution is 2.28. The molecule has 2 rings (SSSR count). The van der Waals surface area contributed by atoms with Crippen LogP contribution in [0.2, 0.25) is 5.02 Å². The highest BCUT2D eigenvalue weighted by molar-refractivity contribution is 14.1. The minimum atomic E-state index is 0.788. The lowest BCUT2D eigenvalue weighted by atomic mass is 10.0. The van der Waals surface area contributed by atoms with Gasteiger partial charge in [0.1, 0.15) is 0 Å². The van der Waals surface area contributed by atoms with Crippen molar-refractivity contribution >= 4 is 34.2 Å². The van der Waals surface area contributed by atoms with Gasteiger partial charge in [0.05, 0.1) is 0 Å². The second kappa shape index (κ2) is 4.54. The molecule has 0 spiro atoms. The molecule has 0 nitrogen and oxygen atoms in total. The van der Waals surface area contributed by atoms with E-state index in [-0.39, 0.29) is 0 Å². The second-order valence-electron chi connectivity index (χ2n) is 3.49. The third-order valence-corrected chi connectivity index (χ3v) is 3.39. The first-order valence-electron chi connectivity index (χ1n) is 4.69. The Balaban J connectivity index is 2.54. The predicted octanol–water partition coefficient (Wildman–Crippen LogP) is 4.92. The van der Waals surface area contributed by atoms with Crippen molar-refractivity contribution in [3.05, 3.63) is 56.6 Å². The van der Waals surface area contributed by atoms with Crippen molar-refractivity contribution in [3.63, 3.8) is 0 Å². The van der Waals surface area contributed by atoms with E-state index in [9.17, 15) is 0 Å². The van der Waals surface area contributed by atoms with E-state index >= 15 is 0 Å². The van der Waals surface area contributed by atoms with Gasteiger partial charge in [-0.2, -0.15) is 0 Å². The molecule has 15 heavy (non-hydrogen) atoms. The third kappa shape index (κ3) is 2.52. The van der Waals surface area contributed by atoms with E-state index in [1.165, 1.54) is 20.3 Å². The van der Waals surface area contributed by atoms with Gasteiger partial charge in [0.15, 0.2) is 0 Å². The SMILES string of the molecule is Cc1cccc(-c2ccc(Cl)cc2I)c1. The van der Waals surface area contributed by atoms with Crippen LogP contribution in [0, 0.1) is 10.5 Å². The maximum Gasteiger partial charge on any atom is 0.0416 e. The molecule has 0 N–H and O–H groups in total. The first-order chi connectivity index (χ1) is 7.16. The van der Waals surface area contributed by atoms with Gasteiger partial charge in [-0.1, -0.05) is 47.5 Å². The molecule has 0 aliphatic heterocycles. The fourth-order valence-corrected chi connectivity index (χ4v) is 2.72. The summed E-state index contributed by atoms with van der Waals surface area (Å²) in [6, 6.07) is 14.5. The number of benzene rings is 2. The molecule has 0 bridgehead atoms. The fraction of sp³-hybridized carbons (Fsp3) is 0.0769. The molecule has 0 amide bonds. The molecule has 0 aliphatic rings. The zero-order valence-corrected chi connectivity index (χ0v) is 11.2. The lowest BCUT2D eigenvalue weighted by Gasteiger charge is -2.06. The maximum atomic E-state index is 5.93. The van der Waals surface area contributed by atoms with Gasteiger partial charge in [0.2, 0.25) is 0 Å². The zero-order chi connectivity index (χ0) is 10.8. The molecule has 2 aromatic rings. The van der Waals surface area contributed by atoms with Crippen molar-refractivity contribution < 1.29 is 0 Å². The Labute approximate surface area is 108 Å². The van der Waals surface area contributed by atoms with Crippen molar-refractivity contribution in [2.75, 3.05) is 0 Å². The Morgan fingerprint density at radius 1 is 1.07 bits per heavy atom. The summed E-state index contributed by atoms with van der Waals surface area (Å²) in [6.07, 6.45) is 0. The Hall–Kier alpha value is -0.540. The minimum Gasteiger partial charge on any atom is -0.0843 e. The molecule has 0 atom stereocenters. The van der Waals surface area contributed by atoms with Crippen molar-refractivity contribution in [2.45, 2.75) is 6.92 Å². The first kappa shape index (κ1) is 11.0. The van der Waals surface area contributed by atoms with E-state index < -0.39 is 0 Å². The summed E-state index contributed by atoms with van der Waals surface area (Å²) in [5.41, 5.74) is 3.76.